The molecule has 1 amide bonds. The largest absolute Gasteiger partial charge is 0.472 e. The summed E-state index contributed by atoms with van der Waals surface area (Å²) in [6.45, 7) is 4.82. The molecule has 0 spiro atoms. The Balaban J connectivity index is 1.52. The molecule has 0 radical (unpaired) electrons. The van der Waals surface area contributed by atoms with Crippen LogP contribution in [0, 0.1) is 6.92 Å². The van der Waals surface area contributed by atoms with Crippen LogP contribution in [0.15, 0.2) is 41.2 Å². The number of aromatic nitrogens is 3. The van der Waals surface area contributed by atoms with Crippen molar-refractivity contribution in [3.63, 3.8) is 0 Å². The van der Waals surface area contributed by atoms with Crippen LogP contribution in [0.2, 0.25) is 0 Å². The SMILES string of the molecule is Cc1cccc2nnc(N3CCN(C(=O)c4ccoc4)CC3)n12. The molecular weight excluding hydrogens is 294 g/mol. The molecule has 1 aliphatic heterocycles. The Hall–Kier alpha value is -2.83. The van der Waals surface area contributed by atoms with Gasteiger partial charge in [-0.25, -0.2) is 0 Å². The molecule has 0 atom stereocenters. The number of carbonyl (C=O) groups excluding carboxylic acids is 1. The van der Waals surface area contributed by atoms with Gasteiger partial charge >= 0.3 is 0 Å². The van der Waals surface area contributed by atoms with Crippen LogP contribution in [0.3, 0.4) is 0 Å². The van der Waals surface area contributed by atoms with Crippen molar-refractivity contribution in [1.82, 2.24) is 19.5 Å². The molecule has 4 heterocycles. The summed E-state index contributed by atoms with van der Waals surface area (Å²) in [4.78, 5) is 16.4. The highest BCUT2D eigenvalue weighted by Crippen LogP contribution is 2.18. The highest BCUT2D eigenvalue weighted by atomic mass is 16.3. The predicted octanol–water partition coefficient (Wildman–Crippen LogP) is 1.59. The van der Waals surface area contributed by atoms with E-state index in [0.29, 0.717) is 18.7 Å². The van der Waals surface area contributed by atoms with Gasteiger partial charge in [0.2, 0.25) is 5.95 Å². The summed E-state index contributed by atoms with van der Waals surface area (Å²) in [6, 6.07) is 7.66. The standard InChI is InChI=1S/C16H17N5O2/c1-12-3-2-4-14-17-18-16(21(12)14)20-8-6-19(7-9-20)15(22)13-5-10-23-11-13/h2-5,10-11H,6-9H2,1H3. The van der Waals surface area contributed by atoms with Crippen molar-refractivity contribution in [1.29, 1.82) is 0 Å². The van der Waals surface area contributed by atoms with Crippen LogP contribution in [0.5, 0.6) is 0 Å². The molecule has 0 unspecified atom stereocenters. The van der Waals surface area contributed by atoms with E-state index in [4.69, 9.17) is 4.42 Å². The predicted molar refractivity (Wildman–Crippen MR) is 84.5 cm³/mol. The fraction of sp³-hybridized carbons (Fsp3) is 0.312. The highest BCUT2D eigenvalue weighted by molar-refractivity contribution is 5.94. The molecule has 3 aromatic heterocycles. The second-order valence-corrected chi connectivity index (χ2v) is 5.65. The van der Waals surface area contributed by atoms with Crippen LogP contribution in [-0.4, -0.2) is 51.6 Å². The summed E-state index contributed by atoms with van der Waals surface area (Å²) in [5.74, 6) is 0.856. The number of carbonyl (C=O) groups is 1. The van der Waals surface area contributed by atoms with Crippen molar-refractivity contribution in [2.75, 3.05) is 31.1 Å². The zero-order chi connectivity index (χ0) is 15.8. The number of hydrogen-bond acceptors (Lipinski definition) is 5. The first kappa shape index (κ1) is 13.8. The van der Waals surface area contributed by atoms with Gasteiger partial charge < -0.3 is 14.2 Å². The van der Waals surface area contributed by atoms with Gasteiger partial charge in [0.1, 0.15) is 6.26 Å². The Morgan fingerprint density at radius 2 is 1.96 bits per heavy atom. The first-order valence-electron chi connectivity index (χ1n) is 7.61. The van der Waals surface area contributed by atoms with Crippen molar-refractivity contribution in [2.24, 2.45) is 0 Å². The molecule has 4 rings (SSSR count). The van der Waals surface area contributed by atoms with E-state index in [1.807, 2.05) is 34.4 Å². The molecular formula is C16H17N5O2. The Kier molecular flexibility index (Phi) is 3.25. The van der Waals surface area contributed by atoms with Crippen molar-refractivity contribution < 1.29 is 9.21 Å². The van der Waals surface area contributed by atoms with E-state index >= 15 is 0 Å². The minimum absolute atomic E-state index is 0.0145. The molecule has 0 aromatic carbocycles. The summed E-state index contributed by atoms with van der Waals surface area (Å²) in [7, 11) is 0. The van der Waals surface area contributed by atoms with Gasteiger partial charge in [0.05, 0.1) is 11.8 Å². The number of pyridine rings is 1. The van der Waals surface area contributed by atoms with E-state index in [1.54, 1.807) is 6.07 Å². The maximum Gasteiger partial charge on any atom is 0.257 e. The molecule has 0 N–H and O–H groups in total. The van der Waals surface area contributed by atoms with E-state index in [2.05, 4.69) is 15.1 Å². The van der Waals surface area contributed by atoms with Crippen molar-refractivity contribution in [2.45, 2.75) is 6.92 Å². The van der Waals surface area contributed by atoms with Crippen LogP contribution in [0.4, 0.5) is 5.95 Å². The molecule has 1 saturated heterocycles. The maximum atomic E-state index is 12.3. The number of hydrogen-bond donors (Lipinski definition) is 0. The third-order valence-electron chi connectivity index (χ3n) is 4.22. The number of fused-ring (bicyclic) bond motifs is 1. The summed E-state index contributed by atoms with van der Waals surface area (Å²) >= 11 is 0. The van der Waals surface area contributed by atoms with E-state index in [0.717, 1.165) is 30.4 Å². The van der Waals surface area contributed by atoms with Gasteiger partial charge in [0, 0.05) is 31.9 Å². The fourth-order valence-electron chi connectivity index (χ4n) is 2.97. The van der Waals surface area contributed by atoms with Crippen LogP contribution in [0.25, 0.3) is 5.65 Å². The summed E-state index contributed by atoms with van der Waals surface area (Å²) in [6.07, 6.45) is 3.01. The molecule has 0 saturated carbocycles. The van der Waals surface area contributed by atoms with Gasteiger partial charge in [-0.1, -0.05) is 6.07 Å². The van der Waals surface area contributed by atoms with Gasteiger partial charge in [0.25, 0.3) is 5.91 Å². The summed E-state index contributed by atoms with van der Waals surface area (Å²) in [5, 5.41) is 8.55. The van der Waals surface area contributed by atoms with E-state index in [9.17, 15) is 4.79 Å². The molecule has 0 aliphatic carbocycles. The molecule has 3 aromatic rings. The molecule has 0 bridgehead atoms. The molecule has 118 valence electrons. The Morgan fingerprint density at radius 3 is 2.70 bits per heavy atom. The Labute approximate surface area is 133 Å². The lowest BCUT2D eigenvalue weighted by Gasteiger charge is -2.34. The third kappa shape index (κ3) is 2.34. The first-order valence-corrected chi connectivity index (χ1v) is 7.61. The summed E-state index contributed by atoms with van der Waals surface area (Å²) in [5.41, 5.74) is 2.54. The van der Waals surface area contributed by atoms with Gasteiger partial charge in [-0.15, -0.1) is 10.2 Å². The quantitative estimate of drug-likeness (QED) is 0.719. The molecule has 1 aliphatic rings. The normalized spacial score (nSPS) is 15.3. The average molecular weight is 311 g/mol. The van der Waals surface area contributed by atoms with Gasteiger partial charge in [0.15, 0.2) is 5.65 Å². The number of rotatable bonds is 2. The smallest absolute Gasteiger partial charge is 0.257 e. The van der Waals surface area contributed by atoms with Crippen molar-refractivity contribution in [3.05, 3.63) is 48.0 Å². The van der Waals surface area contributed by atoms with Crippen LogP contribution in [-0.2, 0) is 0 Å². The van der Waals surface area contributed by atoms with Crippen molar-refractivity contribution >= 4 is 17.5 Å². The first-order chi connectivity index (χ1) is 11.2. The average Bonchev–Trinajstić information content (AvgIpc) is 3.25. The Morgan fingerprint density at radius 1 is 1.13 bits per heavy atom. The lowest BCUT2D eigenvalue weighted by molar-refractivity contribution is 0.0745. The van der Waals surface area contributed by atoms with E-state index in [-0.39, 0.29) is 5.91 Å². The number of furan rings is 1. The zero-order valence-corrected chi connectivity index (χ0v) is 12.8. The zero-order valence-electron chi connectivity index (χ0n) is 12.8. The number of amides is 1. The van der Waals surface area contributed by atoms with Crippen LogP contribution in [0.1, 0.15) is 16.1 Å². The van der Waals surface area contributed by atoms with Gasteiger partial charge in [-0.2, -0.15) is 0 Å². The van der Waals surface area contributed by atoms with Crippen LogP contribution >= 0.6 is 0 Å². The molecule has 1 fully saturated rings. The number of nitrogens with zero attached hydrogens (tertiary/aromatic N) is 5. The lowest BCUT2D eigenvalue weighted by atomic mass is 10.2. The second-order valence-electron chi connectivity index (χ2n) is 5.65. The minimum atomic E-state index is 0.0145. The third-order valence-corrected chi connectivity index (χ3v) is 4.22. The minimum Gasteiger partial charge on any atom is -0.472 e. The number of aryl methyl sites for hydroxylation is 1. The lowest BCUT2D eigenvalue weighted by Crippen LogP contribution is -2.49. The molecule has 7 heteroatoms. The molecule has 7 nitrogen and oxygen atoms in total. The molecule has 23 heavy (non-hydrogen) atoms. The fourth-order valence-corrected chi connectivity index (χ4v) is 2.97. The second kappa shape index (κ2) is 5.42. The van der Waals surface area contributed by atoms with E-state index < -0.39 is 0 Å². The van der Waals surface area contributed by atoms with Gasteiger partial charge in [-0.05, 0) is 25.1 Å². The van der Waals surface area contributed by atoms with E-state index in [1.165, 1.54) is 12.5 Å². The highest BCUT2D eigenvalue weighted by Gasteiger charge is 2.25. The maximum absolute atomic E-state index is 12.3. The Bertz CT molecular complexity index is 831. The topological polar surface area (TPSA) is 66.9 Å². The number of anilines is 1. The monoisotopic (exact) mass is 311 g/mol. The van der Waals surface area contributed by atoms with Crippen LogP contribution < -0.4 is 4.90 Å². The van der Waals surface area contributed by atoms with Crippen molar-refractivity contribution in [3.8, 4) is 0 Å². The summed E-state index contributed by atoms with van der Waals surface area (Å²) < 4.78 is 7.04. The van der Waals surface area contributed by atoms with Gasteiger partial charge in [-0.3, -0.25) is 9.20 Å². The number of piperazine rings is 1.